The summed E-state index contributed by atoms with van der Waals surface area (Å²) in [6.45, 7) is 2.20. The summed E-state index contributed by atoms with van der Waals surface area (Å²) >= 11 is 6.95. The van der Waals surface area contributed by atoms with Gasteiger partial charge in [-0.15, -0.1) is 0 Å². The molecule has 2 aromatic rings. The number of rotatable bonds is 5. The van der Waals surface area contributed by atoms with Crippen LogP contribution in [0.2, 0.25) is 0 Å². The summed E-state index contributed by atoms with van der Waals surface area (Å²) in [7, 11) is 0. The largest absolute Gasteiger partial charge is 0.493 e. The second kappa shape index (κ2) is 7.85. The third-order valence-corrected chi connectivity index (χ3v) is 4.65. The Bertz CT molecular complexity index is 705. The summed E-state index contributed by atoms with van der Waals surface area (Å²) in [5.41, 5.74) is 0.939. The zero-order valence-corrected chi connectivity index (χ0v) is 15.2. The topological polar surface area (TPSA) is 25.2 Å². The number of aromatic hydroxyl groups is 1. The van der Waals surface area contributed by atoms with Gasteiger partial charge in [-0.25, -0.2) is 0 Å². The average molecular weight is 413 g/mol. The Morgan fingerprint density at radius 1 is 1.19 bits per heavy atom. The maximum absolute atomic E-state index is 10.4. The van der Waals surface area contributed by atoms with E-state index in [1.54, 1.807) is 0 Å². The van der Waals surface area contributed by atoms with Gasteiger partial charge < -0.3 is 5.11 Å². The molecule has 0 aliphatic rings. The van der Waals surface area contributed by atoms with Gasteiger partial charge in [-0.05, 0) is 40.9 Å². The molecule has 2 rings (SSSR count). The number of benzene rings is 1. The molecule has 1 heterocycles. The van der Waals surface area contributed by atoms with Crippen LogP contribution in [0.4, 0.5) is 0 Å². The quantitative estimate of drug-likeness (QED) is 0.721. The van der Waals surface area contributed by atoms with E-state index in [1.165, 1.54) is 19.3 Å². The Balaban J connectivity index is 2.55. The molecular weight excluding hydrogens is 394 g/mol. The predicted molar refractivity (Wildman–Crippen MR) is 96.4 cm³/mol. The SMILES string of the molecule is CCCCCC=c1c(Br)c(O)n(-c2ccccc2)c1=CBr. The molecule has 1 aromatic carbocycles. The molecule has 0 spiro atoms. The lowest BCUT2D eigenvalue weighted by Gasteiger charge is -2.05. The number of nitrogens with zero attached hydrogens (tertiary/aromatic N) is 1. The third-order valence-electron chi connectivity index (χ3n) is 3.44. The van der Waals surface area contributed by atoms with Gasteiger partial charge in [-0.1, -0.05) is 60.0 Å². The molecule has 0 bridgehead atoms. The van der Waals surface area contributed by atoms with Crippen LogP contribution in [-0.2, 0) is 0 Å². The zero-order valence-electron chi connectivity index (χ0n) is 12.0. The van der Waals surface area contributed by atoms with E-state index in [2.05, 4.69) is 44.9 Å². The predicted octanol–water partition coefficient (Wildman–Crippen LogP) is 4.44. The van der Waals surface area contributed by atoms with Crippen LogP contribution in [0.1, 0.15) is 32.6 Å². The summed E-state index contributed by atoms with van der Waals surface area (Å²) in [5.74, 6) is 0.230. The van der Waals surface area contributed by atoms with E-state index in [0.29, 0.717) is 0 Å². The van der Waals surface area contributed by atoms with Gasteiger partial charge in [0, 0.05) is 15.9 Å². The van der Waals surface area contributed by atoms with Crippen molar-refractivity contribution in [1.29, 1.82) is 0 Å². The number of halogens is 2. The van der Waals surface area contributed by atoms with Gasteiger partial charge in [0.2, 0.25) is 5.88 Å². The summed E-state index contributed by atoms with van der Waals surface area (Å²) in [5, 5.41) is 12.4. The summed E-state index contributed by atoms with van der Waals surface area (Å²) in [4.78, 5) is 1.86. The van der Waals surface area contributed by atoms with Gasteiger partial charge in [-0.3, -0.25) is 4.57 Å². The highest BCUT2D eigenvalue weighted by Gasteiger charge is 2.12. The Morgan fingerprint density at radius 3 is 2.52 bits per heavy atom. The van der Waals surface area contributed by atoms with Crippen LogP contribution in [-0.4, -0.2) is 9.67 Å². The number of hydrogen-bond donors (Lipinski definition) is 1. The smallest absolute Gasteiger partial charge is 0.211 e. The molecule has 0 saturated carbocycles. The molecule has 4 heteroatoms. The fourth-order valence-electron chi connectivity index (χ4n) is 2.35. The molecule has 0 saturated heterocycles. The molecule has 0 fully saturated rings. The molecule has 0 amide bonds. The molecule has 1 aromatic heterocycles. The van der Waals surface area contributed by atoms with Gasteiger partial charge in [-0.2, -0.15) is 0 Å². The monoisotopic (exact) mass is 411 g/mol. The van der Waals surface area contributed by atoms with Crippen molar-refractivity contribution in [2.24, 2.45) is 0 Å². The molecule has 1 N–H and O–H groups in total. The number of aromatic nitrogens is 1. The fraction of sp³-hybridized carbons (Fsp3) is 0.294. The van der Waals surface area contributed by atoms with Crippen molar-refractivity contribution >= 4 is 42.9 Å². The highest BCUT2D eigenvalue weighted by Crippen LogP contribution is 2.22. The second-order valence-electron chi connectivity index (χ2n) is 4.92. The zero-order chi connectivity index (χ0) is 15.2. The maximum atomic E-state index is 10.4. The van der Waals surface area contributed by atoms with Crippen molar-refractivity contribution in [3.8, 4) is 11.6 Å². The molecule has 112 valence electrons. The third kappa shape index (κ3) is 3.61. The normalized spacial score (nSPS) is 13.1. The van der Waals surface area contributed by atoms with Crippen LogP contribution < -0.4 is 10.6 Å². The van der Waals surface area contributed by atoms with Crippen molar-refractivity contribution < 1.29 is 5.11 Å². The van der Waals surface area contributed by atoms with Gasteiger partial charge in [0.05, 0.1) is 9.82 Å². The van der Waals surface area contributed by atoms with Crippen molar-refractivity contribution in [2.75, 3.05) is 0 Å². The van der Waals surface area contributed by atoms with E-state index >= 15 is 0 Å². The van der Waals surface area contributed by atoms with Gasteiger partial charge in [0.1, 0.15) is 0 Å². The van der Waals surface area contributed by atoms with E-state index in [4.69, 9.17) is 0 Å². The minimum atomic E-state index is 0.230. The first-order valence-electron chi connectivity index (χ1n) is 7.16. The van der Waals surface area contributed by atoms with E-state index in [1.807, 2.05) is 39.9 Å². The first-order valence-corrected chi connectivity index (χ1v) is 8.86. The van der Waals surface area contributed by atoms with Crippen molar-refractivity contribution in [1.82, 2.24) is 4.57 Å². The van der Waals surface area contributed by atoms with Gasteiger partial charge in [0.15, 0.2) is 0 Å². The molecule has 0 radical (unpaired) electrons. The van der Waals surface area contributed by atoms with E-state index in [9.17, 15) is 5.11 Å². The van der Waals surface area contributed by atoms with Crippen LogP contribution in [0.15, 0.2) is 34.8 Å². The number of para-hydroxylation sites is 1. The first kappa shape index (κ1) is 16.4. The molecule has 2 nitrogen and oxygen atoms in total. The van der Waals surface area contributed by atoms with Crippen LogP contribution in [0.5, 0.6) is 5.88 Å². The van der Waals surface area contributed by atoms with Crippen LogP contribution in [0, 0.1) is 0 Å². The Labute approximate surface area is 142 Å². The Hall–Kier alpha value is -1.00. The van der Waals surface area contributed by atoms with E-state index in [-0.39, 0.29) is 5.88 Å². The van der Waals surface area contributed by atoms with Crippen molar-refractivity contribution in [3.63, 3.8) is 0 Å². The minimum absolute atomic E-state index is 0.230. The summed E-state index contributed by atoms with van der Waals surface area (Å²) in [6.07, 6.45) is 6.81. The molecule has 0 aliphatic heterocycles. The minimum Gasteiger partial charge on any atom is -0.493 e. The lowest BCUT2D eigenvalue weighted by molar-refractivity contribution is 0.438. The van der Waals surface area contributed by atoms with Gasteiger partial charge >= 0.3 is 0 Å². The van der Waals surface area contributed by atoms with Crippen LogP contribution >= 0.6 is 31.9 Å². The lowest BCUT2D eigenvalue weighted by atomic mass is 10.2. The van der Waals surface area contributed by atoms with Crippen LogP contribution in [0.25, 0.3) is 16.7 Å². The average Bonchev–Trinajstić information content (AvgIpc) is 2.76. The molecule has 0 unspecified atom stereocenters. The molecule has 0 atom stereocenters. The van der Waals surface area contributed by atoms with E-state index in [0.717, 1.165) is 27.1 Å². The maximum Gasteiger partial charge on any atom is 0.211 e. The highest BCUT2D eigenvalue weighted by molar-refractivity contribution is 9.14. The lowest BCUT2D eigenvalue weighted by Crippen LogP contribution is -2.27. The first-order chi connectivity index (χ1) is 10.2. The van der Waals surface area contributed by atoms with Crippen molar-refractivity contribution in [2.45, 2.75) is 32.6 Å². The molecular formula is C17H19Br2NO. The fourth-order valence-corrected chi connectivity index (χ4v) is 3.34. The second-order valence-corrected chi connectivity index (χ2v) is 6.17. The molecule has 0 aliphatic carbocycles. The summed E-state index contributed by atoms with van der Waals surface area (Å²) in [6, 6.07) is 9.85. The van der Waals surface area contributed by atoms with Gasteiger partial charge in [0.25, 0.3) is 0 Å². The Morgan fingerprint density at radius 2 is 1.90 bits per heavy atom. The Kier molecular flexibility index (Phi) is 6.12. The highest BCUT2D eigenvalue weighted by atomic mass is 79.9. The summed E-state index contributed by atoms with van der Waals surface area (Å²) < 4.78 is 2.58. The standard InChI is InChI=1S/C17H19Br2NO/c1-2-3-4-8-11-14-15(12-18)20(17(21)16(14)19)13-9-6-5-7-10-13/h5-7,9-12,21H,2-4,8H2,1H3. The molecule has 21 heavy (non-hydrogen) atoms. The van der Waals surface area contributed by atoms with E-state index < -0.39 is 0 Å². The van der Waals surface area contributed by atoms with Crippen molar-refractivity contribution in [3.05, 3.63) is 45.4 Å². The number of hydrogen-bond acceptors (Lipinski definition) is 1. The number of unbranched alkanes of at least 4 members (excludes halogenated alkanes) is 3. The van der Waals surface area contributed by atoms with Crippen LogP contribution in [0.3, 0.4) is 0 Å².